The normalized spacial score (nSPS) is 11.9. The van der Waals surface area contributed by atoms with Crippen LogP contribution in [0.1, 0.15) is 61.9 Å². The molecule has 0 aliphatic rings. The largest absolute Gasteiger partial charge is 0.451 e. The fourth-order valence-corrected chi connectivity index (χ4v) is 3.56. The van der Waals surface area contributed by atoms with Crippen molar-refractivity contribution in [2.45, 2.75) is 40.3 Å². The average molecular weight is 428 g/mol. The van der Waals surface area contributed by atoms with E-state index in [0.717, 1.165) is 5.56 Å². The Labute approximate surface area is 179 Å². The lowest BCUT2D eigenvalue weighted by atomic mass is 10.0. The van der Waals surface area contributed by atoms with Crippen LogP contribution in [-0.2, 0) is 11.3 Å². The molecule has 0 fully saturated rings. The summed E-state index contributed by atoms with van der Waals surface area (Å²) in [6, 6.07) is 7.36. The Morgan fingerprint density at radius 2 is 1.93 bits per heavy atom. The molecule has 0 aliphatic heterocycles. The highest BCUT2D eigenvalue weighted by molar-refractivity contribution is 6.31. The molecule has 8 heteroatoms. The van der Waals surface area contributed by atoms with Crippen LogP contribution in [-0.4, -0.2) is 38.4 Å². The molecule has 0 saturated carbocycles. The molecule has 0 spiro atoms. The Balaban J connectivity index is 1.70. The van der Waals surface area contributed by atoms with E-state index in [0.29, 0.717) is 28.4 Å². The quantitative estimate of drug-likeness (QED) is 0.451. The first-order valence-electron chi connectivity index (χ1n) is 9.40. The number of nitrogens with zero attached hydrogens (tertiary/aromatic N) is 2. The van der Waals surface area contributed by atoms with Gasteiger partial charge < -0.3 is 9.72 Å². The van der Waals surface area contributed by atoms with Crippen molar-refractivity contribution in [3.05, 3.63) is 75.3 Å². The summed E-state index contributed by atoms with van der Waals surface area (Å²) < 4.78 is 6.90. The van der Waals surface area contributed by atoms with E-state index in [4.69, 9.17) is 16.3 Å². The van der Waals surface area contributed by atoms with E-state index in [2.05, 4.69) is 10.1 Å². The van der Waals surface area contributed by atoms with Crippen molar-refractivity contribution in [1.29, 1.82) is 0 Å². The number of carbonyl (C=O) groups is 3. The predicted octanol–water partition coefficient (Wildman–Crippen LogP) is 4.16. The molecule has 30 heavy (non-hydrogen) atoms. The molecule has 0 radical (unpaired) electrons. The number of aryl methyl sites for hydroxylation is 1. The second-order valence-electron chi connectivity index (χ2n) is 7.11. The van der Waals surface area contributed by atoms with Gasteiger partial charge in [0.2, 0.25) is 5.78 Å². The number of H-pyrrole nitrogens is 1. The maximum absolute atomic E-state index is 12.7. The third kappa shape index (κ3) is 4.36. The summed E-state index contributed by atoms with van der Waals surface area (Å²) in [6.07, 6.45) is 1.90. The minimum Gasteiger partial charge on any atom is -0.451 e. The van der Waals surface area contributed by atoms with Gasteiger partial charge >= 0.3 is 5.97 Å². The fourth-order valence-electron chi connectivity index (χ4n) is 3.37. The number of nitrogens with one attached hydrogen (secondary N) is 1. The van der Waals surface area contributed by atoms with Gasteiger partial charge in [0.25, 0.3) is 0 Å². The molecule has 156 valence electrons. The number of aromatic nitrogens is 3. The summed E-state index contributed by atoms with van der Waals surface area (Å²) in [6.45, 7) is 6.76. The van der Waals surface area contributed by atoms with Gasteiger partial charge in [-0.15, -0.1) is 0 Å². The summed E-state index contributed by atoms with van der Waals surface area (Å²) in [4.78, 5) is 39.9. The van der Waals surface area contributed by atoms with Crippen molar-refractivity contribution < 1.29 is 19.1 Å². The zero-order valence-electron chi connectivity index (χ0n) is 17.2. The number of benzene rings is 1. The maximum Gasteiger partial charge on any atom is 0.342 e. The molecule has 0 amide bonds. The number of aromatic amines is 1. The van der Waals surface area contributed by atoms with E-state index in [1.807, 2.05) is 18.2 Å². The zero-order chi connectivity index (χ0) is 22.0. The van der Waals surface area contributed by atoms with Crippen LogP contribution in [0.3, 0.4) is 0 Å². The summed E-state index contributed by atoms with van der Waals surface area (Å²) in [5, 5.41) is 4.77. The second kappa shape index (κ2) is 8.67. The molecule has 7 nitrogen and oxygen atoms in total. The van der Waals surface area contributed by atoms with Crippen molar-refractivity contribution in [2.75, 3.05) is 0 Å². The van der Waals surface area contributed by atoms with Gasteiger partial charge in [0, 0.05) is 22.5 Å². The van der Waals surface area contributed by atoms with Crippen molar-refractivity contribution >= 4 is 29.1 Å². The molecule has 1 N–H and O–H groups in total. The Bertz CT molecular complexity index is 1130. The van der Waals surface area contributed by atoms with Crippen molar-refractivity contribution in [1.82, 2.24) is 14.8 Å². The van der Waals surface area contributed by atoms with Gasteiger partial charge in [0.05, 0.1) is 24.0 Å². The molecule has 1 unspecified atom stereocenters. The Morgan fingerprint density at radius 3 is 2.57 bits per heavy atom. The molecule has 3 aromatic rings. The molecular formula is C22H22ClN3O4. The molecule has 0 aliphatic carbocycles. The third-order valence-electron chi connectivity index (χ3n) is 4.85. The Morgan fingerprint density at radius 1 is 1.23 bits per heavy atom. The molecule has 2 aromatic heterocycles. The first-order chi connectivity index (χ1) is 14.2. The molecule has 1 atom stereocenters. The first kappa shape index (κ1) is 21.5. The van der Waals surface area contributed by atoms with E-state index >= 15 is 0 Å². The third-order valence-corrected chi connectivity index (χ3v) is 5.22. The van der Waals surface area contributed by atoms with Crippen molar-refractivity contribution in [3.63, 3.8) is 0 Å². The molecule has 3 rings (SSSR count). The van der Waals surface area contributed by atoms with Gasteiger partial charge in [0.1, 0.15) is 0 Å². The van der Waals surface area contributed by atoms with Gasteiger partial charge in [-0.2, -0.15) is 5.10 Å². The number of hydrogen-bond donors (Lipinski definition) is 1. The van der Waals surface area contributed by atoms with Gasteiger partial charge in [-0.05, 0) is 44.9 Å². The van der Waals surface area contributed by atoms with Gasteiger partial charge in [-0.25, -0.2) is 4.79 Å². The first-order valence-corrected chi connectivity index (χ1v) is 9.78. The Kier molecular flexibility index (Phi) is 6.22. The van der Waals surface area contributed by atoms with Crippen molar-refractivity contribution in [3.8, 4) is 0 Å². The smallest absolute Gasteiger partial charge is 0.342 e. The van der Waals surface area contributed by atoms with E-state index in [-0.39, 0.29) is 17.0 Å². The molecular weight excluding hydrogens is 406 g/mol. The lowest BCUT2D eigenvalue weighted by Gasteiger charge is -2.11. The maximum atomic E-state index is 12.7. The lowest BCUT2D eigenvalue weighted by molar-refractivity contribution is 0.0317. The highest BCUT2D eigenvalue weighted by Gasteiger charge is 2.26. The highest BCUT2D eigenvalue weighted by atomic mass is 35.5. The van der Waals surface area contributed by atoms with Crippen LogP contribution in [0.15, 0.2) is 36.7 Å². The summed E-state index contributed by atoms with van der Waals surface area (Å²) >= 11 is 6.16. The Hall–Kier alpha value is -3.19. The highest BCUT2D eigenvalue weighted by Crippen LogP contribution is 2.21. The van der Waals surface area contributed by atoms with Crippen LogP contribution in [0.4, 0.5) is 0 Å². The van der Waals surface area contributed by atoms with Gasteiger partial charge in [0.15, 0.2) is 11.9 Å². The topological polar surface area (TPSA) is 94.0 Å². The van der Waals surface area contributed by atoms with Crippen molar-refractivity contribution in [2.24, 2.45) is 0 Å². The fraction of sp³-hybridized carbons (Fsp3) is 0.273. The number of hydrogen-bond acceptors (Lipinski definition) is 5. The molecule has 2 heterocycles. The van der Waals surface area contributed by atoms with Crippen LogP contribution in [0, 0.1) is 13.8 Å². The van der Waals surface area contributed by atoms with Crippen LogP contribution in [0.25, 0.3) is 0 Å². The molecule has 1 aromatic carbocycles. The van der Waals surface area contributed by atoms with Crippen LogP contribution in [0.5, 0.6) is 0 Å². The van der Waals surface area contributed by atoms with Crippen LogP contribution in [0.2, 0.25) is 5.02 Å². The van der Waals surface area contributed by atoms with Gasteiger partial charge in [-0.1, -0.05) is 29.8 Å². The van der Waals surface area contributed by atoms with E-state index in [1.54, 1.807) is 30.8 Å². The van der Waals surface area contributed by atoms with Crippen LogP contribution >= 0.6 is 11.6 Å². The van der Waals surface area contributed by atoms with E-state index in [1.165, 1.54) is 20.0 Å². The molecule has 0 saturated heterocycles. The summed E-state index contributed by atoms with van der Waals surface area (Å²) in [5.74, 6) is -1.19. The SMILES string of the molecule is CC(=O)c1c(C)[nH]c(C(=O)C(C)OC(=O)c2cnn(Cc3ccccc3Cl)c2)c1C. The number of Topliss-reactive ketones (excluding diaryl/α,β-unsaturated/α-hetero) is 2. The van der Waals surface area contributed by atoms with Crippen LogP contribution < -0.4 is 0 Å². The molecule has 0 bridgehead atoms. The minimum atomic E-state index is -1.03. The standard InChI is InChI=1S/C22H22ClN3O4/c1-12-19(14(3)27)13(2)25-20(12)21(28)15(4)30-22(29)17-9-24-26(11-17)10-16-7-5-6-8-18(16)23/h5-9,11,15,25H,10H2,1-4H3. The predicted molar refractivity (Wildman–Crippen MR) is 112 cm³/mol. The zero-order valence-corrected chi connectivity index (χ0v) is 17.9. The summed E-state index contributed by atoms with van der Waals surface area (Å²) in [5.41, 5.74) is 3.02. The monoisotopic (exact) mass is 427 g/mol. The van der Waals surface area contributed by atoms with Gasteiger partial charge in [-0.3, -0.25) is 14.3 Å². The number of ketones is 2. The average Bonchev–Trinajstić information content (AvgIpc) is 3.27. The number of ether oxygens (including phenoxy) is 1. The lowest BCUT2D eigenvalue weighted by Crippen LogP contribution is -2.25. The number of halogens is 1. The second-order valence-corrected chi connectivity index (χ2v) is 7.52. The number of rotatable bonds is 7. The number of esters is 1. The number of carbonyl (C=O) groups excluding carboxylic acids is 3. The minimum absolute atomic E-state index is 0.129. The van der Waals surface area contributed by atoms with E-state index in [9.17, 15) is 14.4 Å². The van der Waals surface area contributed by atoms with E-state index < -0.39 is 17.9 Å². The summed E-state index contributed by atoms with van der Waals surface area (Å²) in [7, 11) is 0.